The SMILES string of the molecule is CCN(CC)C1=NCCN1.O=C(O)/C=C/C(=O)O. The van der Waals surface area contributed by atoms with Gasteiger partial charge in [0.2, 0.25) is 0 Å². The summed E-state index contributed by atoms with van der Waals surface area (Å²) in [6, 6.07) is 0. The fourth-order valence-corrected chi connectivity index (χ4v) is 1.26. The van der Waals surface area contributed by atoms with Gasteiger partial charge in [-0.1, -0.05) is 0 Å². The first-order chi connectivity index (χ1) is 8.51. The quantitative estimate of drug-likeness (QED) is 0.613. The predicted octanol–water partition coefficient (Wildman–Crippen LogP) is -0.000800. The maximum absolute atomic E-state index is 9.55. The van der Waals surface area contributed by atoms with E-state index in [9.17, 15) is 9.59 Å². The highest BCUT2D eigenvalue weighted by Gasteiger charge is 2.09. The van der Waals surface area contributed by atoms with Crippen molar-refractivity contribution in [2.45, 2.75) is 13.8 Å². The van der Waals surface area contributed by atoms with Gasteiger partial charge in [0.15, 0.2) is 5.96 Å². The van der Waals surface area contributed by atoms with Gasteiger partial charge in [-0.3, -0.25) is 4.99 Å². The minimum atomic E-state index is -1.26. The Morgan fingerprint density at radius 3 is 2.06 bits per heavy atom. The molecule has 0 atom stereocenters. The van der Waals surface area contributed by atoms with E-state index in [2.05, 4.69) is 29.1 Å². The van der Waals surface area contributed by atoms with Crippen molar-refractivity contribution in [1.29, 1.82) is 0 Å². The molecule has 1 rings (SSSR count). The Hall–Kier alpha value is -2.05. The van der Waals surface area contributed by atoms with E-state index in [0.29, 0.717) is 12.2 Å². The molecule has 7 heteroatoms. The molecule has 1 heterocycles. The number of guanidine groups is 1. The number of carboxylic acids is 2. The third-order valence-corrected chi connectivity index (χ3v) is 2.09. The third-order valence-electron chi connectivity index (χ3n) is 2.09. The molecule has 18 heavy (non-hydrogen) atoms. The van der Waals surface area contributed by atoms with Gasteiger partial charge in [0.25, 0.3) is 0 Å². The van der Waals surface area contributed by atoms with Gasteiger partial charge in [-0.05, 0) is 13.8 Å². The van der Waals surface area contributed by atoms with Gasteiger partial charge in [-0.15, -0.1) is 0 Å². The molecule has 0 amide bonds. The molecule has 0 fully saturated rings. The van der Waals surface area contributed by atoms with Crippen LogP contribution in [-0.2, 0) is 9.59 Å². The summed E-state index contributed by atoms with van der Waals surface area (Å²) in [5, 5.41) is 18.9. The Bertz CT molecular complexity index is 319. The van der Waals surface area contributed by atoms with Crippen LogP contribution in [-0.4, -0.2) is 59.2 Å². The molecule has 0 aromatic carbocycles. The fourth-order valence-electron chi connectivity index (χ4n) is 1.26. The van der Waals surface area contributed by atoms with Crippen LogP contribution in [0.2, 0.25) is 0 Å². The summed E-state index contributed by atoms with van der Waals surface area (Å²) in [4.78, 5) is 25.6. The minimum absolute atomic E-state index is 0.558. The highest BCUT2D eigenvalue weighted by Crippen LogP contribution is 1.93. The Balaban J connectivity index is 0.000000331. The highest BCUT2D eigenvalue weighted by atomic mass is 16.4. The minimum Gasteiger partial charge on any atom is -0.478 e. The molecule has 0 aliphatic carbocycles. The molecule has 0 unspecified atom stereocenters. The number of hydrogen-bond donors (Lipinski definition) is 3. The van der Waals surface area contributed by atoms with Crippen molar-refractivity contribution < 1.29 is 19.8 Å². The number of nitrogens with zero attached hydrogens (tertiary/aromatic N) is 2. The average molecular weight is 257 g/mol. The van der Waals surface area contributed by atoms with Gasteiger partial charge < -0.3 is 20.4 Å². The Labute approximate surface area is 106 Å². The van der Waals surface area contributed by atoms with Crippen LogP contribution < -0.4 is 5.32 Å². The molecule has 1 aliphatic rings. The second-order valence-electron chi connectivity index (χ2n) is 3.31. The highest BCUT2D eigenvalue weighted by molar-refractivity contribution is 5.89. The third kappa shape index (κ3) is 7.26. The fraction of sp³-hybridized carbons (Fsp3) is 0.545. The van der Waals surface area contributed by atoms with Crippen LogP contribution in [0.15, 0.2) is 17.1 Å². The second kappa shape index (κ2) is 9.03. The van der Waals surface area contributed by atoms with E-state index in [-0.39, 0.29) is 0 Å². The number of carbonyl (C=O) groups is 2. The molecule has 7 nitrogen and oxygen atoms in total. The lowest BCUT2D eigenvalue weighted by molar-refractivity contribution is -0.134. The maximum atomic E-state index is 9.55. The topological polar surface area (TPSA) is 102 Å². The van der Waals surface area contributed by atoms with Crippen LogP contribution >= 0.6 is 0 Å². The van der Waals surface area contributed by atoms with Gasteiger partial charge in [-0.2, -0.15) is 0 Å². The molecule has 0 radical (unpaired) electrons. The first kappa shape index (κ1) is 16.0. The Morgan fingerprint density at radius 1 is 1.28 bits per heavy atom. The van der Waals surface area contributed by atoms with Crippen molar-refractivity contribution in [3.8, 4) is 0 Å². The summed E-state index contributed by atoms with van der Waals surface area (Å²) >= 11 is 0. The van der Waals surface area contributed by atoms with Crippen molar-refractivity contribution >= 4 is 17.9 Å². The standard InChI is InChI=1S/C7H15N3.C4H4O4/c1-3-10(4-2)7-8-5-6-9-7;5-3(6)1-2-4(7)8/h3-6H2,1-2H3,(H,8,9);1-2H,(H,5,6)(H,7,8)/b;2-1+. The lowest BCUT2D eigenvalue weighted by Gasteiger charge is -2.19. The molecule has 1 aliphatic heterocycles. The smallest absolute Gasteiger partial charge is 0.328 e. The molecular weight excluding hydrogens is 238 g/mol. The van der Waals surface area contributed by atoms with E-state index in [0.717, 1.165) is 32.1 Å². The van der Waals surface area contributed by atoms with Crippen molar-refractivity contribution in [2.75, 3.05) is 26.2 Å². The maximum Gasteiger partial charge on any atom is 0.328 e. The Morgan fingerprint density at radius 2 is 1.78 bits per heavy atom. The summed E-state index contributed by atoms with van der Waals surface area (Å²) in [5.41, 5.74) is 0. The summed E-state index contributed by atoms with van der Waals surface area (Å²) < 4.78 is 0. The summed E-state index contributed by atoms with van der Waals surface area (Å²) in [7, 11) is 0. The zero-order valence-electron chi connectivity index (χ0n) is 10.6. The zero-order chi connectivity index (χ0) is 14.0. The van der Waals surface area contributed by atoms with E-state index in [4.69, 9.17) is 10.2 Å². The number of carboxylic acid groups (broad SMARTS) is 2. The summed E-state index contributed by atoms with van der Waals surface area (Å²) in [6.07, 6.45) is 1.12. The number of rotatable bonds is 4. The largest absolute Gasteiger partial charge is 0.478 e. The van der Waals surface area contributed by atoms with E-state index in [1.165, 1.54) is 0 Å². The van der Waals surface area contributed by atoms with Gasteiger partial charge >= 0.3 is 11.9 Å². The number of nitrogens with one attached hydrogen (secondary N) is 1. The van der Waals surface area contributed by atoms with Crippen LogP contribution in [0, 0.1) is 0 Å². The van der Waals surface area contributed by atoms with Crippen molar-refractivity contribution in [1.82, 2.24) is 10.2 Å². The molecule has 0 bridgehead atoms. The summed E-state index contributed by atoms with van der Waals surface area (Å²) in [6.45, 7) is 8.32. The monoisotopic (exact) mass is 257 g/mol. The van der Waals surface area contributed by atoms with E-state index < -0.39 is 11.9 Å². The molecular formula is C11H19N3O4. The second-order valence-corrected chi connectivity index (χ2v) is 3.31. The van der Waals surface area contributed by atoms with Crippen LogP contribution in [0.4, 0.5) is 0 Å². The predicted molar refractivity (Wildman–Crippen MR) is 67.6 cm³/mol. The average Bonchev–Trinajstić information content (AvgIpc) is 2.83. The van der Waals surface area contributed by atoms with E-state index in [1.807, 2.05) is 0 Å². The normalized spacial score (nSPS) is 13.3. The molecule has 0 saturated carbocycles. The number of aliphatic carboxylic acids is 2. The van der Waals surface area contributed by atoms with E-state index in [1.54, 1.807) is 0 Å². The number of aliphatic imine (C=N–C) groups is 1. The molecule has 0 spiro atoms. The van der Waals surface area contributed by atoms with Gasteiger partial charge in [0.05, 0.1) is 6.54 Å². The molecule has 0 aromatic rings. The van der Waals surface area contributed by atoms with Gasteiger partial charge in [-0.25, -0.2) is 9.59 Å². The lowest BCUT2D eigenvalue weighted by Crippen LogP contribution is -2.38. The van der Waals surface area contributed by atoms with Gasteiger partial charge in [0, 0.05) is 31.8 Å². The van der Waals surface area contributed by atoms with Crippen LogP contribution in [0.3, 0.4) is 0 Å². The van der Waals surface area contributed by atoms with Crippen molar-refractivity contribution in [3.05, 3.63) is 12.2 Å². The first-order valence-corrected chi connectivity index (χ1v) is 5.68. The zero-order valence-corrected chi connectivity index (χ0v) is 10.6. The van der Waals surface area contributed by atoms with Crippen molar-refractivity contribution in [3.63, 3.8) is 0 Å². The first-order valence-electron chi connectivity index (χ1n) is 5.68. The molecule has 102 valence electrons. The van der Waals surface area contributed by atoms with Crippen molar-refractivity contribution in [2.24, 2.45) is 4.99 Å². The summed E-state index contributed by atoms with van der Waals surface area (Å²) in [5.74, 6) is -1.44. The lowest BCUT2D eigenvalue weighted by atomic mass is 10.5. The molecule has 0 saturated heterocycles. The Kier molecular flexibility index (Phi) is 8.00. The van der Waals surface area contributed by atoms with Crippen LogP contribution in [0.1, 0.15) is 13.8 Å². The molecule has 0 aromatic heterocycles. The van der Waals surface area contributed by atoms with Crippen LogP contribution in [0.5, 0.6) is 0 Å². The number of hydrogen-bond acceptors (Lipinski definition) is 5. The molecule has 3 N–H and O–H groups in total. The van der Waals surface area contributed by atoms with Crippen LogP contribution in [0.25, 0.3) is 0 Å². The van der Waals surface area contributed by atoms with E-state index >= 15 is 0 Å². The van der Waals surface area contributed by atoms with Gasteiger partial charge in [0.1, 0.15) is 0 Å².